The summed E-state index contributed by atoms with van der Waals surface area (Å²) in [7, 11) is 1.29. The molecule has 0 radical (unpaired) electrons. The van der Waals surface area contributed by atoms with Crippen LogP contribution in [0.2, 0.25) is 5.02 Å². The summed E-state index contributed by atoms with van der Waals surface area (Å²) in [6.45, 7) is 0. The number of benzene rings is 2. The fourth-order valence-electron chi connectivity index (χ4n) is 2.16. The lowest BCUT2D eigenvalue weighted by atomic mass is 10.0. The summed E-state index contributed by atoms with van der Waals surface area (Å²) < 4.78 is 17.6. The van der Waals surface area contributed by atoms with Crippen molar-refractivity contribution in [1.82, 2.24) is 5.32 Å². The Hall–Kier alpha value is -2.66. The number of ether oxygens (including phenoxy) is 1. The zero-order valence-corrected chi connectivity index (χ0v) is 14.3. The van der Waals surface area contributed by atoms with Crippen LogP contribution in [-0.2, 0) is 14.3 Å². The molecule has 25 heavy (non-hydrogen) atoms. The Morgan fingerprint density at radius 1 is 1.16 bits per heavy atom. The summed E-state index contributed by atoms with van der Waals surface area (Å²) in [4.78, 5) is 23.8. The molecule has 1 atom stereocenters. The number of rotatable bonds is 6. The molecule has 0 bridgehead atoms. The van der Waals surface area contributed by atoms with Crippen LogP contribution in [0.4, 0.5) is 4.39 Å². The van der Waals surface area contributed by atoms with Crippen LogP contribution in [0.3, 0.4) is 0 Å². The minimum absolute atomic E-state index is 0.00569. The normalized spacial score (nSPS) is 12.0. The van der Waals surface area contributed by atoms with E-state index in [-0.39, 0.29) is 18.1 Å². The van der Waals surface area contributed by atoms with Crippen LogP contribution >= 0.6 is 11.6 Å². The van der Waals surface area contributed by atoms with Gasteiger partial charge in [-0.15, -0.1) is 0 Å². The minimum atomic E-state index is -0.546. The van der Waals surface area contributed by atoms with E-state index < -0.39 is 12.0 Å². The third-order valence-electron chi connectivity index (χ3n) is 3.48. The molecular weight excluding hydrogens is 345 g/mol. The third kappa shape index (κ3) is 6.04. The highest BCUT2D eigenvalue weighted by molar-refractivity contribution is 6.30. The predicted molar refractivity (Wildman–Crippen MR) is 94.4 cm³/mol. The lowest BCUT2D eigenvalue weighted by molar-refractivity contribution is -0.141. The van der Waals surface area contributed by atoms with Gasteiger partial charge in [0.25, 0.3) is 0 Å². The van der Waals surface area contributed by atoms with Crippen LogP contribution in [-0.4, -0.2) is 19.0 Å². The van der Waals surface area contributed by atoms with Crippen LogP contribution in [0, 0.1) is 5.82 Å². The topological polar surface area (TPSA) is 55.4 Å². The number of halogens is 2. The smallest absolute Gasteiger partial charge is 0.307 e. The van der Waals surface area contributed by atoms with Crippen molar-refractivity contribution in [2.75, 3.05) is 7.11 Å². The third-order valence-corrected chi connectivity index (χ3v) is 3.74. The van der Waals surface area contributed by atoms with Gasteiger partial charge in [-0.25, -0.2) is 4.39 Å². The molecule has 130 valence electrons. The van der Waals surface area contributed by atoms with E-state index in [0.29, 0.717) is 10.6 Å². The van der Waals surface area contributed by atoms with Crippen LogP contribution < -0.4 is 5.32 Å². The second-order valence-corrected chi connectivity index (χ2v) is 5.71. The van der Waals surface area contributed by atoms with E-state index in [4.69, 9.17) is 11.6 Å². The van der Waals surface area contributed by atoms with Gasteiger partial charge in [0.05, 0.1) is 19.6 Å². The highest BCUT2D eigenvalue weighted by Crippen LogP contribution is 2.20. The first-order chi connectivity index (χ1) is 12.0. The Balaban J connectivity index is 2.09. The molecule has 2 aromatic carbocycles. The van der Waals surface area contributed by atoms with E-state index in [9.17, 15) is 14.0 Å². The average Bonchev–Trinajstić information content (AvgIpc) is 2.61. The molecule has 6 heteroatoms. The number of carbonyl (C=O) groups excluding carboxylic acids is 2. The molecular formula is C19H17ClFNO3. The van der Waals surface area contributed by atoms with Gasteiger partial charge in [0.2, 0.25) is 5.91 Å². The van der Waals surface area contributed by atoms with Gasteiger partial charge in [-0.3, -0.25) is 9.59 Å². The monoisotopic (exact) mass is 361 g/mol. The molecule has 0 saturated heterocycles. The fraction of sp³-hybridized carbons (Fsp3) is 0.158. The second kappa shape index (κ2) is 8.99. The van der Waals surface area contributed by atoms with E-state index in [1.807, 2.05) is 0 Å². The van der Waals surface area contributed by atoms with Gasteiger partial charge in [0.1, 0.15) is 5.82 Å². The summed E-state index contributed by atoms with van der Waals surface area (Å²) >= 11 is 5.87. The molecule has 0 aliphatic heterocycles. The number of nitrogens with one attached hydrogen (secondary N) is 1. The van der Waals surface area contributed by atoms with Crippen molar-refractivity contribution in [3.05, 3.63) is 76.6 Å². The van der Waals surface area contributed by atoms with Crippen molar-refractivity contribution in [3.8, 4) is 0 Å². The SMILES string of the molecule is COC(=O)CC(NC(=O)/C=C/c1ccc(F)cc1)c1ccc(Cl)cc1. The summed E-state index contributed by atoms with van der Waals surface area (Å²) in [5.41, 5.74) is 1.42. The van der Waals surface area contributed by atoms with Crippen molar-refractivity contribution in [3.63, 3.8) is 0 Å². The first-order valence-corrected chi connectivity index (χ1v) is 7.92. The van der Waals surface area contributed by atoms with Gasteiger partial charge in [-0.1, -0.05) is 35.9 Å². The summed E-state index contributed by atoms with van der Waals surface area (Å²) in [5.74, 6) is -1.17. The van der Waals surface area contributed by atoms with Crippen molar-refractivity contribution in [2.45, 2.75) is 12.5 Å². The number of hydrogen-bond donors (Lipinski definition) is 1. The fourth-order valence-corrected chi connectivity index (χ4v) is 2.29. The molecule has 0 aliphatic rings. The zero-order chi connectivity index (χ0) is 18.2. The van der Waals surface area contributed by atoms with E-state index >= 15 is 0 Å². The van der Waals surface area contributed by atoms with Gasteiger partial charge < -0.3 is 10.1 Å². The van der Waals surface area contributed by atoms with Gasteiger partial charge >= 0.3 is 5.97 Å². The molecule has 4 nitrogen and oxygen atoms in total. The standard InChI is InChI=1S/C19H17ClFNO3/c1-25-19(24)12-17(14-5-7-15(20)8-6-14)22-18(23)11-4-13-2-9-16(21)10-3-13/h2-11,17H,12H2,1H3,(H,22,23)/b11-4+. The number of amides is 1. The molecule has 2 aromatic rings. The van der Waals surface area contributed by atoms with Gasteiger partial charge in [-0.05, 0) is 41.5 Å². The molecule has 0 aromatic heterocycles. The number of carbonyl (C=O) groups is 2. The van der Waals surface area contributed by atoms with Crippen LogP contribution in [0.5, 0.6) is 0 Å². The molecule has 0 saturated carbocycles. The Bertz CT molecular complexity index is 757. The van der Waals surface area contributed by atoms with Crippen LogP contribution in [0.15, 0.2) is 54.6 Å². The first kappa shape index (κ1) is 18.7. The Morgan fingerprint density at radius 2 is 1.80 bits per heavy atom. The minimum Gasteiger partial charge on any atom is -0.469 e. The van der Waals surface area contributed by atoms with Crippen molar-refractivity contribution in [1.29, 1.82) is 0 Å². The van der Waals surface area contributed by atoms with E-state index in [2.05, 4.69) is 10.1 Å². The van der Waals surface area contributed by atoms with E-state index in [1.165, 1.54) is 25.3 Å². The van der Waals surface area contributed by atoms with E-state index in [1.54, 1.807) is 42.5 Å². The van der Waals surface area contributed by atoms with Crippen molar-refractivity contribution < 1.29 is 18.7 Å². The molecule has 1 amide bonds. The lowest BCUT2D eigenvalue weighted by Crippen LogP contribution is -2.29. The summed E-state index contributed by atoms with van der Waals surface area (Å²) in [6.07, 6.45) is 2.88. The van der Waals surface area contributed by atoms with Crippen molar-refractivity contribution >= 4 is 29.6 Å². The largest absolute Gasteiger partial charge is 0.469 e. The van der Waals surface area contributed by atoms with Crippen LogP contribution in [0.1, 0.15) is 23.6 Å². The molecule has 1 unspecified atom stereocenters. The average molecular weight is 362 g/mol. The van der Waals surface area contributed by atoms with Crippen molar-refractivity contribution in [2.24, 2.45) is 0 Å². The first-order valence-electron chi connectivity index (χ1n) is 7.54. The quantitative estimate of drug-likeness (QED) is 0.627. The predicted octanol–water partition coefficient (Wildman–Crippen LogP) is 3.91. The van der Waals surface area contributed by atoms with Gasteiger partial charge in [-0.2, -0.15) is 0 Å². The number of methoxy groups -OCH3 is 1. The Labute approximate surface area is 150 Å². The maximum atomic E-state index is 12.9. The Kier molecular flexibility index (Phi) is 6.71. The molecule has 1 N–H and O–H groups in total. The van der Waals surface area contributed by atoms with Crippen LogP contribution in [0.25, 0.3) is 6.08 Å². The number of hydrogen-bond acceptors (Lipinski definition) is 3. The maximum absolute atomic E-state index is 12.9. The lowest BCUT2D eigenvalue weighted by Gasteiger charge is -2.17. The molecule has 0 spiro atoms. The number of esters is 1. The summed E-state index contributed by atoms with van der Waals surface area (Å²) in [5, 5.41) is 3.31. The highest BCUT2D eigenvalue weighted by Gasteiger charge is 2.18. The summed E-state index contributed by atoms with van der Waals surface area (Å²) in [6, 6.07) is 12.0. The molecule has 0 heterocycles. The van der Waals surface area contributed by atoms with E-state index in [0.717, 1.165) is 5.56 Å². The molecule has 0 fully saturated rings. The zero-order valence-electron chi connectivity index (χ0n) is 13.5. The molecule has 0 aliphatic carbocycles. The van der Waals surface area contributed by atoms with Gasteiger partial charge in [0.15, 0.2) is 0 Å². The van der Waals surface area contributed by atoms with Gasteiger partial charge in [0, 0.05) is 11.1 Å². The second-order valence-electron chi connectivity index (χ2n) is 5.28. The Morgan fingerprint density at radius 3 is 2.40 bits per heavy atom. The maximum Gasteiger partial charge on any atom is 0.307 e. The molecule has 2 rings (SSSR count). The highest BCUT2D eigenvalue weighted by atomic mass is 35.5.